The summed E-state index contributed by atoms with van der Waals surface area (Å²) in [6.45, 7) is 4.43. The normalized spacial score (nSPS) is 17.4. The lowest BCUT2D eigenvalue weighted by molar-refractivity contribution is 0.0697. The van der Waals surface area contributed by atoms with Gasteiger partial charge in [-0.3, -0.25) is 9.36 Å². The zero-order valence-corrected chi connectivity index (χ0v) is 14.7. The van der Waals surface area contributed by atoms with Gasteiger partial charge in [0.1, 0.15) is 30.0 Å². The maximum atomic E-state index is 13.0. The van der Waals surface area contributed by atoms with E-state index >= 15 is 0 Å². The van der Waals surface area contributed by atoms with Crippen LogP contribution in [0.25, 0.3) is 5.82 Å². The van der Waals surface area contributed by atoms with Crippen molar-refractivity contribution in [1.29, 1.82) is 0 Å². The fraction of sp³-hybridized carbons (Fsp3) is 0.389. The van der Waals surface area contributed by atoms with Crippen molar-refractivity contribution < 1.29 is 4.79 Å². The second-order valence-corrected chi connectivity index (χ2v) is 6.41. The predicted molar refractivity (Wildman–Crippen MR) is 94.9 cm³/mol. The Balaban J connectivity index is 1.54. The smallest absolute Gasteiger partial charge is 0.272 e. The highest BCUT2D eigenvalue weighted by atomic mass is 16.2. The molecule has 8 heteroatoms. The molecule has 134 valence electrons. The van der Waals surface area contributed by atoms with Gasteiger partial charge in [-0.25, -0.2) is 9.97 Å². The molecular formula is C18H21N7O. The van der Waals surface area contributed by atoms with Crippen molar-refractivity contribution in [3.05, 3.63) is 54.8 Å². The van der Waals surface area contributed by atoms with Crippen LogP contribution in [0.4, 0.5) is 0 Å². The van der Waals surface area contributed by atoms with E-state index in [1.807, 2.05) is 29.4 Å². The lowest BCUT2D eigenvalue weighted by atomic mass is 9.96. The van der Waals surface area contributed by atoms with Crippen LogP contribution in [0.15, 0.2) is 43.2 Å². The largest absolute Gasteiger partial charge is 0.337 e. The Labute approximate surface area is 151 Å². The number of carbonyl (C=O) groups excluding carboxylic acids is 1. The van der Waals surface area contributed by atoms with Gasteiger partial charge in [-0.1, -0.05) is 6.07 Å². The number of carbonyl (C=O) groups is 1. The van der Waals surface area contributed by atoms with Crippen molar-refractivity contribution in [2.75, 3.05) is 13.1 Å². The highest BCUT2D eigenvalue weighted by Gasteiger charge is 2.28. The molecular weight excluding hydrogens is 330 g/mol. The molecule has 26 heavy (non-hydrogen) atoms. The minimum Gasteiger partial charge on any atom is -0.337 e. The topological polar surface area (TPSA) is 81.7 Å². The third-order valence-electron chi connectivity index (χ3n) is 4.80. The third kappa shape index (κ3) is 3.10. The zero-order chi connectivity index (χ0) is 17.9. The number of likely N-dealkylation sites (tertiary alicyclic amines) is 1. The van der Waals surface area contributed by atoms with Crippen LogP contribution in [0.5, 0.6) is 0 Å². The van der Waals surface area contributed by atoms with E-state index in [0.29, 0.717) is 18.1 Å². The Bertz CT molecular complexity index is 887. The van der Waals surface area contributed by atoms with E-state index in [-0.39, 0.29) is 11.8 Å². The molecule has 1 aliphatic heterocycles. The maximum absolute atomic E-state index is 13.0. The second-order valence-electron chi connectivity index (χ2n) is 6.41. The number of imidazole rings is 1. The van der Waals surface area contributed by atoms with Gasteiger partial charge in [-0.05, 0) is 31.9 Å². The number of pyridine rings is 1. The average Bonchev–Trinajstić information content (AvgIpc) is 3.39. The molecule has 0 N–H and O–H groups in total. The first-order valence-electron chi connectivity index (χ1n) is 8.88. The molecule has 3 aromatic heterocycles. The van der Waals surface area contributed by atoms with Crippen LogP contribution in [0.2, 0.25) is 0 Å². The number of aryl methyl sites for hydroxylation is 1. The summed E-state index contributed by atoms with van der Waals surface area (Å²) in [6.07, 6.45) is 8.99. The summed E-state index contributed by atoms with van der Waals surface area (Å²) in [5.41, 5.74) is 0.440. The first-order valence-corrected chi connectivity index (χ1v) is 8.88. The summed E-state index contributed by atoms with van der Waals surface area (Å²) < 4.78 is 3.84. The van der Waals surface area contributed by atoms with E-state index < -0.39 is 0 Å². The summed E-state index contributed by atoms with van der Waals surface area (Å²) in [5.74, 6) is 1.93. The Kier molecular flexibility index (Phi) is 4.47. The van der Waals surface area contributed by atoms with Crippen LogP contribution < -0.4 is 0 Å². The fourth-order valence-corrected chi connectivity index (χ4v) is 3.49. The number of amides is 1. The van der Waals surface area contributed by atoms with E-state index in [9.17, 15) is 4.79 Å². The van der Waals surface area contributed by atoms with Gasteiger partial charge in [-0.15, -0.1) is 10.2 Å². The van der Waals surface area contributed by atoms with Crippen molar-refractivity contribution in [3.63, 3.8) is 0 Å². The number of rotatable bonds is 4. The first-order chi connectivity index (χ1) is 12.8. The van der Waals surface area contributed by atoms with E-state index in [2.05, 4.69) is 31.7 Å². The van der Waals surface area contributed by atoms with E-state index in [1.54, 1.807) is 23.3 Å². The monoisotopic (exact) mass is 351 g/mol. The van der Waals surface area contributed by atoms with E-state index in [1.165, 1.54) is 0 Å². The SMILES string of the molecule is CCn1ccnc1[C@@H]1CCCN(C(=O)c2cccc(-n3cnnc3)n2)C1. The molecule has 4 heterocycles. The molecule has 0 aromatic carbocycles. The molecule has 1 amide bonds. The first kappa shape index (κ1) is 16.4. The van der Waals surface area contributed by atoms with Gasteiger partial charge in [0.15, 0.2) is 0 Å². The second kappa shape index (κ2) is 7.07. The zero-order valence-electron chi connectivity index (χ0n) is 14.7. The summed E-state index contributed by atoms with van der Waals surface area (Å²) in [6, 6.07) is 5.42. The van der Waals surface area contributed by atoms with Crippen molar-refractivity contribution in [3.8, 4) is 5.82 Å². The Morgan fingerprint density at radius 1 is 1.27 bits per heavy atom. The molecule has 1 aliphatic rings. The molecule has 0 saturated carbocycles. The summed E-state index contributed by atoms with van der Waals surface area (Å²) in [4.78, 5) is 23.9. The number of hydrogen-bond acceptors (Lipinski definition) is 5. The fourth-order valence-electron chi connectivity index (χ4n) is 3.49. The standard InChI is InChI=1S/C18H21N7O/c1-2-23-10-8-19-17(23)14-5-4-9-24(11-14)18(26)15-6-3-7-16(22-15)25-12-20-21-13-25/h3,6-8,10,12-14H,2,4-5,9,11H2,1H3/t14-/m1/s1. The van der Waals surface area contributed by atoms with Gasteiger partial charge >= 0.3 is 0 Å². The van der Waals surface area contributed by atoms with Gasteiger partial charge in [0.25, 0.3) is 5.91 Å². The van der Waals surface area contributed by atoms with Gasteiger partial charge in [0.05, 0.1) is 0 Å². The molecule has 0 spiro atoms. The van der Waals surface area contributed by atoms with Crippen LogP contribution in [0, 0.1) is 0 Å². The Morgan fingerprint density at radius 2 is 2.12 bits per heavy atom. The Hall–Kier alpha value is -3.03. The Morgan fingerprint density at radius 3 is 2.92 bits per heavy atom. The molecule has 4 rings (SSSR count). The quantitative estimate of drug-likeness (QED) is 0.717. The molecule has 0 aliphatic carbocycles. The molecule has 1 saturated heterocycles. The highest BCUT2D eigenvalue weighted by molar-refractivity contribution is 5.92. The van der Waals surface area contributed by atoms with Gasteiger partial charge in [0.2, 0.25) is 0 Å². The van der Waals surface area contributed by atoms with Crippen molar-refractivity contribution in [2.45, 2.75) is 32.2 Å². The maximum Gasteiger partial charge on any atom is 0.272 e. The lowest BCUT2D eigenvalue weighted by Crippen LogP contribution is -2.40. The average molecular weight is 351 g/mol. The van der Waals surface area contributed by atoms with Crippen molar-refractivity contribution >= 4 is 5.91 Å². The minimum atomic E-state index is -0.0424. The van der Waals surface area contributed by atoms with Gasteiger partial charge < -0.3 is 9.47 Å². The van der Waals surface area contributed by atoms with Crippen LogP contribution >= 0.6 is 0 Å². The van der Waals surface area contributed by atoms with Crippen LogP contribution in [0.1, 0.15) is 42.0 Å². The molecule has 0 unspecified atom stereocenters. The summed E-state index contributed by atoms with van der Waals surface area (Å²) >= 11 is 0. The lowest BCUT2D eigenvalue weighted by Gasteiger charge is -2.32. The molecule has 8 nitrogen and oxygen atoms in total. The molecule has 0 radical (unpaired) electrons. The van der Waals surface area contributed by atoms with Crippen LogP contribution in [-0.4, -0.2) is 53.2 Å². The highest BCUT2D eigenvalue weighted by Crippen LogP contribution is 2.26. The third-order valence-corrected chi connectivity index (χ3v) is 4.80. The van der Waals surface area contributed by atoms with E-state index in [4.69, 9.17) is 0 Å². The molecule has 3 aromatic rings. The van der Waals surface area contributed by atoms with Crippen LogP contribution in [0.3, 0.4) is 0 Å². The van der Waals surface area contributed by atoms with E-state index in [0.717, 1.165) is 31.8 Å². The number of piperidine rings is 1. The van der Waals surface area contributed by atoms with Gasteiger partial charge in [0, 0.05) is 37.9 Å². The number of nitrogens with zero attached hydrogens (tertiary/aromatic N) is 7. The summed E-state index contributed by atoms with van der Waals surface area (Å²) in [7, 11) is 0. The number of aromatic nitrogens is 6. The van der Waals surface area contributed by atoms with Crippen LogP contribution in [-0.2, 0) is 6.54 Å². The molecule has 1 atom stereocenters. The predicted octanol–water partition coefficient (Wildman–Crippen LogP) is 1.90. The summed E-state index contributed by atoms with van der Waals surface area (Å²) in [5, 5.41) is 7.57. The minimum absolute atomic E-state index is 0.0424. The van der Waals surface area contributed by atoms with Gasteiger partial charge in [-0.2, -0.15) is 0 Å². The van der Waals surface area contributed by atoms with Crippen molar-refractivity contribution in [2.24, 2.45) is 0 Å². The molecule has 0 bridgehead atoms. The molecule has 1 fully saturated rings. The number of hydrogen-bond donors (Lipinski definition) is 0. The van der Waals surface area contributed by atoms with Crippen molar-refractivity contribution in [1.82, 2.24) is 34.2 Å².